The molecule has 0 unspecified atom stereocenters. The highest BCUT2D eigenvalue weighted by Crippen LogP contribution is 2.25. The molecule has 0 spiro atoms. The van der Waals surface area contributed by atoms with Gasteiger partial charge in [0.05, 0.1) is 11.4 Å². The van der Waals surface area contributed by atoms with Crippen LogP contribution < -0.4 is 5.32 Å². The number of nitrogens with one attached hydrogen (secondary N) is 1. The van der Waals surface area contributed by atoms with Crippen LogP contribution in [0.2, 0.25) is 5.02 Å². The Morgan fingerprint density at radius 2 is 2.24 bits per heavy atom. The van der Waals surface area contributed by atoms with Crippen molar-refractivity contribution >= 4 is 45.8 Å². The topological polar surface area (TPSA) is 29.9 Å². The van der Waals surface area contributed by atoms with E-state index in [1.54, 1.807) is 0 Å². The first-order valence-electron chi connectivity index (χ1n) is 5.36. The van der Waals surface area contributed by atoms with Crippen LogP contribution in [0.15, 0.2) is 24.4 Å². The van der Waals surface area contributed by atoms with Gasteiger partial charge in [-0.25, -0.2) is 4.98 Å². The van der Waals surface area contributed by atoms with Crippen molar-refractivity contribution in [2.75, 3.05) is 5.32 Å². The number of nitrogens with zero attached hydrogens (tertiary/aromatic N) is 2. The number of benzene rings is 1. The molecule has 0 fully saturated rings. The minimum absolute atomic E-state index is 0.745. The lowest BCUT2D eigenvalue weighted by Gasteiger charge is -2.09. The second kappa shape index (κ2) is 5.27. The van der Waals surface area contributed by atoms with E-state index in [-0.39, 0.29) is 0 Å². The first-order valence-corrected chi connectivity index (χ1v) is 6.81. The molecule has 2 aromatic rings. The summed E-state index contributed by atoms with van der Waals surface area (Å²) in [4.78, 5) is 4.46. The van der Waals surface area contributed by atoms with E-state index in [1.807, 2.05) is 31.3 Å². The van der Waals surface area contributed by atoms with E-state index in [2.05, 4.69) is 44.4 Å². The number of aryl methyl sites for hydroxylation is 2. The predicted octanol–water partition coefficient (Wildman–Crippen LogP) is 4.21. The standard InChI is InChI=1S/C12H13ClIN3/c1-3-17-7-8(2)15-12(17)16-11-5-4-9(13)6-10(11)14/h4-7H,3H2,1-2H3,(H,15,16). The maximum Gasteiger partial charge on any atom is 0.207 e. The van der Waals surface area contributed by atoms with Gasteiger partial charge in [-0.15, -0.1) is 0 Å². The van der Waals surface area contributed by atoms with Crippen LogP contribution in [0.5, 0.6) is 0 Å². The number of aromatic nitrogens is 2. The number of imidazole rings is 1. The fraction of sp³-hybridized carbons (Fsp3) is 0.250. The Balaban J connectivity index is 2.30. The third kappa shape index (κ3) is 2.93. The highest BCUT2D eigenvalue weighted by atomic mass is 127. The Hall–Kier alpha value is -0.750. The number of rotatable bonds is 3. The maximum atomic E-state index is 5.93. The fourth-order valence-corrected chi connectivity index (χ4v) is 2.61. The molecule has 1 aromatic carbocycles. The van der Waals surface area contributed by atoms with Crippen molar-refractivity contribution in [3.63, 3.8) is 0 Å². The zero-order valence-corrected chi connectivity index (χ0v) is 12.6. The smallest absolute Gasteiger partial charge is 0.207 e. The molecule has 3 nitrogen and oxygen atoms in total. The van der Waals surface area contributed by atoms with Gasteiger partial charge < -0.3 is 9.88 Å². The summed E-state index contributed by atoms with van der Waals surface area (Å²) < 4.78 is 3.17. The summed E-state index contributed by atoms with van der Waals surface area (Å²) >= 11 is 8.19. The maximum absolute atomic E-state index is 5.93. The Bertz CT molecular complexity index is 537. The fourth-order valence-electron chi connectivity index (χ4n) is 1.60. The molecule has 1 N–H and O–H groups in total. The van der Waals surface area contributed by atoms with Gasteiger partial charge in [-0.2, -0.15) is 0 Å². The molecule has 0 bridgehead atoms. The highest BCUT2D eigenvalue weighted by Gasteiger charge is 2.06. The first-order chi connectivity index (χ1) is 8.10. The molecule has 0 atom stereocenters. The van der Waals surface area contributed by atoms with Crippen LogP contribution in [-0.2, 0) is 6.54 Å². The van der Waals surface area contributed by atoms with E-state index in [1.165, 1.54) is 0 Å². The van der Waals surface area contributed by atoms with Gasteiger partial charge in [0.2, 0.25) is 5.95 Å². The average Bonchev–Trinajstić information content (AvgIpc) is 2.63. The van der Waals surface area contributed by atoms with Gasteiger partial charge in [-0.3, -0.25) is 0 Å². The monoisotopic (exact) mass is 361 g/mol. The van der Waals surface area contributed by atoms with E-state index in [4.69, 9.17) is 11.6 Å². The molecule has 0 saturated carbocycles. The zero-order chi connectivity index (χ0) is 12.4. The van der Waals surface area contributed by atoms with Gasteiger partial charge in [-0.05, 0) is 54.6 Å². The van der Waals surface area contributed by atoms with Crippen LogP contribution in [-0.4, -0.2) is 9.55 Å². The molecule has 0 aliphatic rings. The van der Waals surface area contributed by atoms with Crippen LogP contribution in [0.3, 0.4) is 0 Å². The minimum Gasteiger partial charge on any atom is -0.325 e. The third-order valence-corrected chi connectivity index (χ3v) is 3.54. The molecular formula is C12H13ClIN3. The summed E-state index contributed by atoms with van der Waals surface area (Å²) in [5.74, 6) is 0.866. The van der Waals surface area contributed by atoms with Crippen molar-refractivity contribution in [3.05, 3.63) is 38.7 Å². The van der Waals surface area contributed by atoms with Crippen LogP contribution in [0.1, 0.15) is 12.6 Å². The molecule has 0 aliphatic carbocycles. The van der Waals surface area contributed by atoms with E-state index >= 15 is 0 Å². The summed E-state index contributed by atoms with van der Waals surface area (Å²) in [5, 5.41) is 4.07. The summed E-state index contributed by atoms with van der Waals surface area (Å²) in [6, 6.07) is 5.77. The Labute approximate surface area is 119 Å². The molecule has 1 heterocycles. The van der Waals surface area contributed by atoms with Crippen molar-refractivity contribution in [1.82, 2.24) is 9.55 Å². The lowest BCUT2D eigenvalue weighted by atomic mass is 10.3. The zero-order valence-electron chi connectivity index (χ0n) is 9.67. The number of hydrogen-bond acceptors (Lipinski definition) is 2. The van der Waals surface area contributed by atoms with E-state index in [9.17, 15) is 0 Å². The van der Waals surface area contributed by atoms with Gasteiger partial charge >= 0.3 is 0 Å². The lowest BCUT2D eigenvalue weighted by molar-refractivity contribution is 0.771. The molecular weight excluding hydrogens is 349 g/mol. The molecule has 90 valence electrons. The lowest BCUT2D eigenvalue weighted by Crippen LogP contribution is -2.02. The summed E-state index contributed by atoms with van der Waals surface area (Å²) in [7, 11) is 0. The first kappa shape index (κ1) is 12.7. The highest BCUT2D eigenvalue weighted by molar-refractivity contribution is 14.1. The van der Waals surface area contributed by atoms with Crippen LogP contribution >= 0.6 is 34.2 Å². The van der Waals surface area contributed by atoms with E-state index in [0.29, 0.717) is 0 Å². The Morgan fingerprint density at radius 1 is 1.47 bits per heavy atom. The van der Waals surface area contributed by atoms with Crippen LogP contribution in [0.4, 0.5) is 11.6 Å². The summed E-state index contributed by atoms with van der Waals surface area (Å²) in [6.07, 6.45) is 2.03. The van der Waals surface area contributed by atoms with Crippen molar-refractivity contribution in [2.45, 2.75) is 20.4 Å². The molecule has 2 rings (SSSR count). The molecule has 0 amide bonds. The van der Waals surface area contributed by atoms with Crippen molar-refractivity contribution in [2.24, 2.45) is 0 Å². The van der Waals surface area contributed by atoms with Crippen LogP contribution in [0.25, 0.3) is 0 Å². The van der Waals surface area contributed by atoms with Crippen LogP contribution in [0, 0.1) is 10.5 Å². The molecule has 0 radical (unpaired) electrons. The second-order valence-corrected chi connectivity index (χ2v) is 5.34. The molecule has 17 heavy (non-hydrogen) atoms. The number of anilines is 2. The molecule has 5 heteroatoms. The number of halogens is 2. The minimum atomic E-state index is 0.745. The van der Waals surface area contributed by atoms with E-state index in [0.717, 1.165) is 32.5 Å². The predicted molar refractivity (Wildman–Crippen MR) is 80.1 cm³/mol. The molecule has 0 saturated heterocycles. The van der Waals surface area contributed by atoms with Gasteiger partial charge in [0.1, 0.15) is 0 Å². The Kier molecular flexibility index (Phi) is 3.93. The summed E-state index contributed by atoms with van der Waals surface area (Å²) in [5.41, 5.74) is 2.04. The SMILES string of the molecule is CCn1cc(C)nc1Nc1ccc(Cl)cc1I. The van der Waals surface area contributed by atoms with Crippen molar-refractivity contribution < 1.29 is 0 Å². The van der Waals surface area contributed by atoms with Gasteiger partial charge in [0.15, 0.2) is 0 Å². The molecule has 1 aromatic heterocycles. The van der Waals surface area contributed by atoms with E-state index < -0.39 is 0 Å². The normalized spacial score (nSPS) is 10.6. The third-order valence-electron chi connectivity index (χ3n) is 2.42. The quantitative estimate of drug-likeness (QED) is 0.830. The van der Waals surface area contributed by atoms with Gasteiger partial charge in [0, 0.05) is 21.3 Å². The second-order valence-electron chi connectivity index (χ2n) is 3.74. The Morgan fingerprint density at radius 3 is 2.88 bits per heavy atom. The number of hydrogen-bond donors (Lipinski definition) is 1. The van der Waals surface area contributed by atoms with Gasteiger partial charge in [-0.1, -0.05) is 11.6 Å². The summed E-state index contributed by atoms with van der Waals surface area (Å²) in [6.45, 7) is 4.98. The average molecular weight is 362 g/mol. The largest absolute Gasteiger partial charge is 0.325 e. The van der Waals surface area contributed by atoms with Gasteiger partial charge in [0.25, 0.3) is 0 Å². The van der Waals surface area contributed by atoms with Crippen molar-refractivity contribution in [1.29, 1.82) is 0 Å². The molecule has 0 aliphatic heterocycles. The van der Waals surface area contributed by atoms with Crippen molar-refractivity contribution in [3.8, 4) is 0 Å².